The SMILES string of the molecule is CCC(=O)N1[C@@H](COC)CC[C@@H]1COC. The number of likely N-dealkylation sites (tertiary alicyclic amines) is 1. The monoisotopic (exact) mass is 215 g/mol. The lowest BCUT2D eigenvalue weighted by Crippen LogP contribution is -2.44. The predicted molar refractivity (Wildman–Crippen MR) is 57.7 cm³/mol. The van der Waals surface area contributed by atoms with Crippen LogP contribution in [0.25, 0.3) is 0 Å². The first-order valence-corrected chi connectivity index (χ1v) is 5.53. The highest BCUT2D eigenvalue weighted by atomic mass is 16.5. The molecule has 0 unspecified atom stereocenters. The van der Waals surface area contributed by atoms with Gasteiger partial charge in [0, 0.05) is 20.6 Å². The molecule has 0 spiro atoms. The second-order valence-electron chi connectivity index (χ2n) is 3.95. The van der Waals surface area contributed by atoms with Crippen molar-refractivity contribution in [2.24, 2.45) is 0 Å². The molecule has 0 aromatic carbocycles. The van der Waals surface area contributed by atoms with Gasteiger partial charge >= 0.3 is 0 Å². The van der Waals surface area contributed by atoms with Crippen LogP contribution in [0.5, 0.6) is 0 Å². The molecule has 0 N–H and O–H groups in total. The molecule has 0 aromatic rings. The number of methoxy groups -OCH3 is 2. The fourth-order valence-electron chi connectivity index (χ4n) is 2.26. The molecule has 0 aliphatic carbocycles. The minimum absolute atomic E-state index is 0.205. The van der Waals surface area contributed by atoms with Crippen molar-refractivity contribution in [2.75, 3.05) is 27.4 Å². The van der Waals surface area contributed by atoms with Crippen molar-refractivity contribution >= 4 is 5.91 Å². The normalized spacial score (nSPS) is 25.9. The molecule has 4 nitrogen and oxygen atoms in total. The van der Waals surface area contributed by atoms with Crippen LogP contribution in [0, 0.1) is 0 Å². The Bertz CT molecular complexity index is 194. The van der Waals surface area contributed by atoms with Crippen molar-refractivity contribution in [3.63, 3.8) is 0 Å². The molecule has 1 aliphatic heterocycles. The Morgan fingerprint density at radius 1 is 1.20 bits per heavy atom. The van der Waals surface area contributed by atoms with E-state index < -0.39 is 0 Å². The number of hydrogen-bond acceptors (Lipinski definition) is 3. The molecule has 1 rings (SSSR count). The van der Waals surface area contributed by atoms with Gasteiger partial charge in [0.05, 0.1) is 25.3 Å². The summed E-state index contributed by atoms with van der Waals surface area (Å²) in [5.41, 5.74) is 0. The van der Waals surface area contributed by atoms with Gasteiger partial charge in [-0.3, -0.25) is 4.79 Å². The Hall–Kier alpha value is -0.610. The van der Waals surface area contributed by atoms with Crippen LogP contribution in [0.4, 0.5) is 0 Å². The van der Waals surface area contributed by atoms with Crippen molar-refractivity contribution in [1.29, 1.82) is 0 Å². The van der Waals surface area contributed by atoms with Gasteiger partial charge in [-0.2, -0.15) is 0 Å². The van der Waals surface area contributed by atoms with Gasteiger partial charge < -0.3 is 14.4 Å². The van der Waals surface area contributed by atoms with Crippen molar-refractivity contribution in [3.8, 4) is 0 Å². The van der Waals surface area contributed by atoms with E-state index in [1.165, 1.54) is 0 Å². The summed E-state index contributed by atoms with van der Waals surface area (Å²) in [5.74, 6) is 0.205. The molecular formula is C11H21NO3. The van der Waals surface area contributed by atoms with Gasteiger partial charge in [-0.15, -0.1) is 0 Å². The number of carbonyl (C=O) groups excluding carboxylic acids is 1. The largest absolute Gasteiger partial charge is 0.383 e. The zero-order valence-electron chi connectivity index (χ0n) is 9.86. The standard InChI is InChI=1S/C11H21NO3/c1-4-11(13)12-9(7-14-2)5-6-10(12)8-15-3/h9-10H,4-8H2,1-3H3/t9-,10-/m1/s1. The summed E-state index contributed by atoms with van der Waals surface area (Å²) in [6.45, 7) is 3.16. The van der Waals surface area contributed by atoms with Gasteiger partial charge in [0.1, 0.15) is 0 Å². The maximum atomic E-state index is 11.8. The highest BCUT2D eigenvalue weighted by molar-refractivity contribution is 5.76. The van der Waals surface area contributed by atoms with E-state index in [1.54, 1.807) is 14.2 Å². The van der Waals surface area contributed by atoms with E-state index in [2.05, 4.69) is 0 Å². The third-order valence-corrected chi connectivity index (χ3v) is 2.93. The van der Waals surface area contributed by atoms with Crippen LogP contribution in [0.15, 0.2) is 0 Å². The molecule has 15 heavy (non-hydrogen) atoms. The van der Waals surface area contributed by atoms with Gasteiger partial charge in [-0.05, 0) is 12.8 Å². The lowest BCUT2D eigenvalue weighted by Gasteiger charge is -2.29. The Kier molecular flexibility index (Phi) is 5.05. The number of rotatable bonds is 5. The zero-order chi connectivity index (χ0) is 11.3. The zero-order valence-corrected chi connectivity index (χ0v) is 9.86. The number of nitrogens with zero attached hydrogens (tertiary/aromatic N) is 1. The fraction of sp³-hybridized carbons (Fsp3) is 0.909. The summed E-state index contributed by atoms with van der Waals surface area (Å²) in [5, 5.41) is 0. The highest BCUT2D eigenvalue weighted by Gasteiger charge is 2.35. The topological polar surface area (TPSA) is 38.8 Å². The van der Waals surface area contributed by atoms with E-state index in [0.717, 1.165) is 12.8 Å². The van der Waals surface area contributed by atoms with Crippen molar-refractivity contribution < 1.29 is 14.3 Å². The number of amides is 1. The van der Waals surface area contributed by atoms with Gasteiger partial charge in [0.2, 0.25) is 5.91 Å². The van der Waals surface area contributed by atoms with Crippen LogP contribution in [-0.4, -0.2) is 50.3 Å². The average Bonchev–Trinajstić information content (AvgIpc) is 2.62. The number of hydrogen-bond donors (Lipinski definition) is 0. The van der Waals surface area contributed by atoms with E-state index in [-0.39, 0.29) is 18.0 Å². The second kappa shape index (κ2) is 6.08. The van der Waals surface area contributed by atoms with Crippen LogP contribution >= 0.6 is 0 Å². The minimum atomic E-state index is 0.205. The molecule has 1 fully saturated rings. The van der Waals surface area contributed by atoms with Crippen LogP contribution in [0.2, 0.25) is 0 Å². The quantitative estimate of drug-likeness (QED) is 0.688. The molecule has 0 bridgehead atoms. The van der Waals surface area contributed by atoms with Gasteiger partial charge in [-0.1, -0.05) is 6.92 Å². The molecular weight excluding hydrogens is 194 g/mol. The van der Waals surface area contributed by atoms with E-state index in [9.17, 15) is 4.79 Å². The Labute approximate surface area is 91.5 Å². The van der Waals surface area contributed by atoms with E-state index in [1.807, 2.05) is 11.8 Å². The molecule has 0 saturated carbocycles. The maximum Gasteiger partial charge on any atom is 0.222 e. The molecule has 0 radical (unpaired) electrons. The molecule has 4 heteroatoms. The van der Waals surface area contributed by atoms with Crippen LogP contribution in [0.1, 0.15) is 26.2 Å². The maximum absolute atomic E-state index is 11.8. The van der Waals surface area contributed by atoms with Gasteiger partial charge in [0.25, 0.3) is 0 Å². The first-order chi connectivity index (χ1) is 7.24. The lowest BCUT2D eigenvalue weighted by atomic mass is 10.2. The Morgan fingerprint density at radius 3 is 2.00 bits per heavy atom. The molecule has 1 saturated heterocycles. The van der Waals surface area contributed by atoms with Crippen LogP contribution in [-0.2, 0) is 14.3 Å². The minimum Gasteiger partial charge on any atom is -0.383 e. The summed E-state index contributed by atoms with van der Waals surface area (Å²) in [6, 6.07) is 0.477. The van der Waals surface area contributed by atoms with E-state index >= 15 is 0 Å². The summed E-state index contributed by atoms with van der Waals surface area (Å²) in [7, 11) is 3.36. The van der Waals surface area contributed by atoms with Gasteiger partial charge in [0.15, 0.2) is 0 Å². The van der Waals surface area contributed by atoms with Crippen LogP contribution < -0.4 is 0 Å². The molecule has 1 aliphatic rings. The Morgan fingerprint density at radius 2 is 1.67 bits per heavy atom. The third kappa shape index (κ3) is 2.92. The van der Waals surface area contributed by atoms with Crippen LogP contribution in [0.3, 0.4) is 0 Å². The molecule has 2 atom stereocenters. The first-order valence-electron chi connectivity index (χ1n) is 5.53. The predicted octanol–water partition coefficient (Wildman–Crippen LogP) is 1.05. The molecule has 1 heterocycles. The lowest BCUT2D eigenvalue weighted by molar-refractivity contribution is -0.135. The second-order valence-corrected chi connectivity index (χ2v) is 3.95. The Balaban J connectivity index is 2.64. The molecule has 88 valence electrons. The fourth-order valence-corrected chi connectivity index (χ4v) is 2.26. The summed E-state index contributed by atoms with van der Waals surface area (Å²) < 4.78 is 10.3. The first kappa shape index (κ1) is 12.5. The number of ether oxygens (including phenoxy) is 2. The third-order valence-electron chi connectivity index (χ3n) is 2.93. The smallest absolute Gasteiger partial charge is 0.222 e. The molecule has 0 aromatic heterocycles. The summed E-state index contributed by atoms with van der Waals surface area (Å²) in [6.07, 6.45) is 2.60. The molecule has 1 amide bonds. The summed E-state index contributed by atoms with van der Waals surface area (Å²) >= 11 is 0. The number of carbonyl (C=O) groups is 1. The summed E-state index contributed by atoms with van der Waals surface area (Å²) in [4.78, 5) is 13.8. The van der Waals surface area contributed by atoms with Gasteiger partial charge in [-0.25, -0.2) is 0 Å². The van der Waals surface area contributed by atoms with E-state index in [4.69, 9.17) is 9.47 Å². The van der Waals surface area contributed by atoms with E-state index in [0.29, 0.717) is 19.6 Å². The van der Waals surface area contributed by atoms with Crippen molar-refractivity contribution in [3.05, 3.63) is 0 Å². The van der Waals surface area contributed by atoms with Crippen molar-refractivity contribution in [1.82, 2.24) is 4.90 Å². The van der Waals surface area contributed by atoms with Crippen molar-refractivity contribution in [2.45, 2.75) is 38.3 Å². The average molecular weight is 215 g/mol. The highest BCUT2D eigenvalue weighted by Crippen LogP contribution is 2.25.